The minimum atomic E-state index is -4.25. The molecule has 0 aliphatic carbocycles. The summed E-state index contributed by atoms with van der Waals surface area (Å²) in [6.07, 6.45) is 1.49. The number of para-hydroxylation sites is 2. The Bertz CT molecular complexity index is 2130. The van der Waals surface area contributed by atoms with Crippen LogP contribution in [0.25, 0.3) is 21.9 Å². The van der Waals surface area contributed by atoms with E-state index >= 15 is 0 Å². The summed E-state index contributed by atoms with van der Waals surface area (Å²) in [5.41, 5.74) is 1.21. The number of carbonyl (C=O) groups is 2. The zero-order valence-electron chi connectivity index (χ0n) is 24.1. The summed E-state index contributed by atoms with van der Waals surface area (Å²) in [5.74, 6) is -2.40. The maximum atomic E-state index is 15.0. The van der Waals surface area contributed by atoms with Crippen LogP contribution in [0.5, 0.6) is 0 Å². The molecule has 228 valence electrons. The van der Waals surface area contributed by atoms with Gasteiger partial charge >= 0.3 is 22.1 Å². The first-order chi connectivity index (χ1) is 20.7. The van der Waals surface area contributed by atoms with E-state index in [1.807, 2.05) is 0 Å². The Morgan fingerprint density at radius 3 is 2.55 bits per heavy atom. The standard InChI is InChI=1S/C30H27ClFN5O6S/c1-16-9-18-24(12-20(16)32)36(27(28(38)39)26(18)37-23-8-6-5-7-21(23)34-44(37,41)42)13-17-10-22-25(11-19(17)31)35(14-33-22)15-43-29(40)30(2,3)4/h5-12,14,34H,13,15H2,1-4H3,(H,38,39). The van der Waals surface area contributed by atoms with E-state index in [0.29, 0.717) is 16.6 Å². The lowest BCUT2D eigenvalue weighted by Crippen LogP contribution is -2.27. The van der Waals surface area contributed by atoms with E-state index in [-0.39, 0.29) is 63.5 Å². The average molecular weight is 640 g/mol. The maximum absolute atomic E-state index is 15.0. The maximum Gasteiger partial charge on any atom is 0.354 e. The van der Waals surface area contributed by atoms with Crippen molar-refractivity contribution in [2.75, 3.05) is 9.03 Å². The number of benzene rings is 3. The SMILES string of the molecule is Cc1cc2c(N3c4ccccc4NS3(=O)=O)c(C(=O)O)n(Cc3cc4ncn(COC(=O)C(C)(C)C)c4cc3Cl)c2cc1F. The number of carboxylic acids is 1. The van der Waals surface area contributed by atoms with Gasteiger partial charge in [0.05, 0.1) is 51.9 Å². The highest BCUT2D eigenvalue weighted by molar-refractivity contribution is 7.95. The molecule has 0 fully saturated rings. The van der Waals surface area contributed by atoms with Crippen molar-refractivity contribution < 1.29 is 32.2 Å². The smallest absolute Gasteiger partial charge is 0.354 e. The number of carboxylic acid groups (broad SMARTS) is 1. The highest BCUT2D eigenvalue weighted by atomic mass is 35.5. The van der Waals surface area contributed by atoms with E-state index in [9.17, 15) is 27.5 Å². The van der Waals surface area contributed by atoms with Gasteiger partial charge in [-0.05, 0) is 75.2 Å². The predicted molar refractivity (Wildman–Crippen MR) is 164 cm³/mol. The zero-order chi connectivity index (χ0) is 31.7. The second-order valence-corrected chi connectivity index (χ2v) is 13.5. The van der Waals surface area contributed by atoms with E-state index in [4.69, 9.17) is 16.3 Å². The molecule has 11 nitrogen and oxygen atoms in total. The number of esters is 1. The molecule has 1 aliphatic rings. The van der Waals surface area contributed by atoms with Gasteiger partial charge in [-0.2, -0.15) is 8.42 Å². The van der Waals surface area contributed by atoms with Crippen molar-refractivity contribution in [3.05, 3.63) is 82.5 Å². The zero-order valence-corrected chi connectivity index (χ0v) is 25.6. The van der Waals surface area contributed by atoms with Crippen LogP contribution in [0.2, 0.25) is 5.02 Å². The van der Waals surface area contributed by atoms with Gasteiger partial charge in [0.25, 0.3) is 0 Å². The van der Waals surface area contributed by atoms with Gasteiger partial charge in [-0.1, -0.05) is 23.7 Å². The molecule has 0 saturated carbocycles. The summed E-state index contributed by atoms with van der Waals surface area (Å²) in [4.78, 5) is 29.6. The molecular weight excluding hydrogens is 613 g/mol. The molecule has 3 heterocycles. The fourth-order valence-corrected chi connectivity index (χ4v) is 6.80. The first-order valence-corrected chi connectivity index (χ1v) is 15.3. The summed E-state index contributed by atoms with van der Waals surface area (Å²) in [7, 11) is -4.25. The molecule has 0 bridgehead atoms. The summed E-state index contributed by atoms with van der Waals surface area (Å²) in [5, 5.41) is 11.0. The number of aromatic nitrogens is 3. The number of carbonyl (C=O) groups excluding carboxylic acids is 1. The number of nitrogens with one attached hydrogen (secondary N) is 1. The molecule has 0 unspecified atom stereocenters. The number of hydrogen-bond donors (Lipinski definition) is 2. The van der Waals surface area contributed by atoms with Gasteiger partial charge in [-0.3, -0.25) is 14.1 Å². The Kier molecular flexibility index (Phi) is 6.85. The number of aryl methyl sites for hydroxylation is 1. The van der Waals surface area contributed by atoms with Crippen molar-refractivity contribution in [3.63, 3.8) is 0 Å². The highest BCUT2D eigenvalue weighted by Crippen LogP contribution is 2.47. The summed E-state index contributed by atoms with van der Waals surface area (Å²) in [6, 6.07) is 12.3. The van der Waals surface area contributed by atoms with Crippen LogP contribution in [0.1, 0.15) is 42.4 Å². The lowest BCUT2D eigenvalue weighted by molar-refractivity contribution is -0.156. The Morgan fingerprint density at radius 1 is 1.11 bits per heavy atom. The predicted octanol–water partition coefficient (Wildman–Crippen LogP) is 6.19. The second-order valence-electron chi connectivity index (χ2n) is 11.6. The minimum absolute atomic E-state index is 0.0878. The molecule has 0 atom stereocenters. The van der Waals surface area contributed by atoms with Gasteiger partial charge in [-0.25, -0.2) is 18.5 Å². The van der Waals surface area contributed by atoms with Crippen LogP contribution in [0.3, 0.4) is 0 Å². The van der Waals surface area contributed by atoms with Crippen molar-refractivity contribution in [3.8, 4) is 0 Å². The third-order valence-corrected chi connectivity index (χ3v) is 9.08. The molecule has 14 heteroatoms. The first-order valence-electron chi connectivity index (χ1n) is 13.5. The third kappa shape index (κ3) is 4.81. The molecule has 5 aromatic rings. The molecular formula is C30H27ClFN5O6S. The summed E-state index contributed by atoms with van der Waals surface area (Å²) in [6.45, 7) is 6.51. The van der Waals surface area contributed by atoms with Gasteiger partial charge in [-0.15, -0.1) is 0 Å². The van der Waals surface area contributed by atoms with Crippen LogP contribution in [0.15, 0.2) is 54.9 Å². The number of aromatic carboxylic acids is 1. The molecule has 1 aliphatic heterocycles. The van der Waals surface area contributed by atoms with Crippen LogP contribution in [-0.4, -0.2) is 39.6 Å². The van der Waals surface area contributed by atoms with Gasteiger partial charge in [0, 0.05) is 10.4 Å². The van der Waals surface area contributed by atoms with Crippen LogP contribution in [-0.2, 0) is 33.0 Å². The number of imidazole rings is 1. The van der Waals surface area contributed by atoms with Crippen LogP contribution >= 0.6 is 11.6 Å². The Balaban J connectivity index is 1.50. The van der Waals surface area contributed by atoms with Gasteiger partial charge in [0.2, 0.25) is 0 Å². The number of anilines is 3. The van der Waals surface area contributed by atoms with Crippen molar-refractivity contribution in [1.29, 1.82) is 0 Å². The molecule has 0 amide bonds. The second kappa shape index (κ2) is 10.2. The molecule has 6 rings (SSSR count). The van der Waals surface area contributed by atoms with Crippen molar-refractivity contribution in [2.45, 2.75) is 41.0 Å². The lowest BCUT2D eigenvalue weighted by Gasteiger charge is -2.18. The number of nitrogens with zero attached hydrogens (tertiary/aromatic N) is 4. The van der Waals surface area contributed by atoms with E-state index < -0.39 is 27.4 Å². The number of halogens is 2. The highest BCUT2D eigenvalue weighted by Gasteiger charge is 2.40. The summed E-state index contributed by atoms with van der Waals surface area (Å²) >= 11 is 6.70. The van der Waals surface area contributed by atoms with Gasteiger partial charge in [0.15, 0.2) is 12.4 Å². The monoisotopic (exact) mass is 639 g/mol. The van der Waals surface area contributed by atoms with E-state index in [1.54, 1.807) is 61.7 Å². The van der Waals surface area contributed by atoms with Gasteiger partial charge < -0.3 is 14.4 Å². The van der Waals surface area contributed by atoms with Crippen molar-refractivity contribution in [1.82, 2.24) is 14.1 Å². The summed E-state index contributed by atoms with van der Waals surface area (Å²) < 4.78 is 53.5. The third-order valence-electron chi connectivity index (χ3n) is 7.39. The van der Waals surface area contributed by atoms with E-state index in [2.05, 4.69) is 9.71 Å². The van der Waals surface area contributed by atoms with Crippen LogP contribution < -0.4 is 9.03 Å². The van der Waals surface area contributed by atoms with E-state index in [1.165, 1.54) is 30.0 Å². The van der Waals surface area contributed by atoms with Crippen molar-refractivity contribution in [2.24, 2.45) is 5.41 Å². The minimum Gasteiger partial charge on any atom is -0.477 e. The fraction of sp³-hybridized carbons (Fsp3) is 0.233. The Hall–Kier alpha value is -4.62. The number of hydrogen-bond acceptors (Lipinski definition) is 6. The lowest BCUT2D eigenvalue weighted by atomic mass is 9.98. The number of fused-ring (bicyclic) bond motifs is 3. The average Bonchev–Trinajstić information content (AvgIpc) is 3.55. The van der Waals surface area contributed by atoms with Crippen LogP contribution in [0.4, 0.5) is 21.5 Å². The number of ether oxygens (including phenoxy) is 1. The molecule has 0 spiro atoms. The molecule has 0 saturated heterocycles. The Labute approximate surface area is 256 Å². The van der Waals surface area contributed by atoms with Crippen LogP contribution in [0, 0.1) is 18.2 Å². The van der Waals surface area contributed by atoms with E-state index in [0.717, 1.165) is 4.31 Å². The quantitative estimate of drug-likeness (QED) is 0.211. The van der Waals surface area contributed by atoms with Gasteiger partial charge in [0.1, 0.15) is 5.82 Å². The largest absolute Gasteiger partial charge is 0.477 e. The molecule has 3 aromatic carbocycles. The molecule has 0 radical (unpaired) electrons. The molecule has 44 heavy (non-hydrogen) atoms. The van der Waals surface area contributed by atoms with Crippen molar-refractivity contribution >= 4 is 72.7 Å². The Morgan fingerprint density at radius 2 is 1.84 bits per heavy atom. The topological polar surface area (TPSA) is 136 Å². The number of rotatable bonds is 6. The normalized spacial score (nSPS) is 14.2. The first kappa shape index (κ1) is 29.5. The molecule has 2 aromatic heterocycles. The fourth-order valence-electron chi connectivity index (χ4n) is 5.20. The molecule has 2 N–H and O–H groups in total.